The van der Waals surface area contributed by atoms with Gasteiger partial charge in [0, 0.05) is 25.4 Å². The van der Waals surface area contributed by atoms with Crippen molar-refractivity contribution in [2.24, 2.45) is 16.2 Å². The fourth-order valence-corrected chi connectivity index (χ4v) is 3.31. The smallest absolute Gasteiger partial charge is 0.248 e. The summed E-state index contributed by atoms with van der Waals surface area (Å²) >= 11 is 0. The van der Waals surface area contributed by atoms with Gasteiger partial charge in [-0.2, -0.15) is 0 Å². The lowest BCUT2D eigenvalue weighted by Crippen LogP contribution is -2.61. The first kappa shape index (κ1) is 19.5. The first-order valence-corrected chi connectivity index (χ1v) is 8.41. The van der Waals surface area contributed by atoms with Gasteiger partial charge in [0.1, 0.15) is 5.54 Å². The Labute approximate surface area is 152 Å². The topological polar surface area (TPSA) is 127 Å². The van der Waals surface area contributed by atoms with Crippen LogP contribution in [0.4, 0.5) is 0 Å². The number of piperidine rings is 1. The third kappa shape index (κ3) is 3.88. The number of nitrogens with one attached hydrogen (secondary N) is 2. The van der Waals surface area contributed by atoms with E-state index >= 15 is 0 Å². The van der Waals surface area contributed by atoms with Crippen LogP contribution in [0.3, 0.4) is 0 Å². The molecule has 26 heavy (non-hydrogen) atoms. The van der Waals surface area contributed by atoms with Gasteiger partial charge < -0.3 is 16.1 Å². The highest BCUT2D eigenvalue weighted by Crippen LogP contribution is 2.32. The molecule has 2 rings (SSSR count). The molecule has 2 amide bonds. The van der Waals surface area contributed by atoms with Crippen LogP contribution < -0.4 is 11.2 Å². The van der Waals surface area contributed by atoms with E-state index in [2.05, 4.69) is 15.7 Å². The fraction of sp³-hybridized carbons (Fsp3) is 0.471. The zero-order valence-electron chi connectivity index (χ0n) is 15.1. The average molecular weight is 359 g/mol. The van der Waals surface area contributed by atoms with Crippen molar-refractivity contribution >= 4 is 18.2 Å². The summed E-state index contributed by atoms with van der Waals surface area (Å²) in [7, 11) is 3.40. The van der Waals surface area contributed by atoms with Gasteiger partial charge in [-0.15, -0.1) is 5.11 Å². The highest BCUT2D eigenvalue weighted by atomic mass is 16.2. The van der Waals surface area contributed by atoms with Crippen molar-refractivity contribution in [1.82, 2.24) is 15.1 Å². The molecular weight excluding hydrogens is 334 g/mol. The van der Waals surface area contributed by atoms with Crippen LogP contribution in [0.2, 0.25) is 0 Å². The maximum Gasteiger partial charge on any atom is 0.248 e. The van der Waals surface area contributed by atoms with Crippen LogP contribution >= 0.6 is 0 Å². The van der Waals surface area contributed by atoms with Gasteiger partial charge in [0.25, 0.3) is 0 Å². The predicted molar refractivity (Wildman–Crippen MR) is 98.1 cm³/mol. The van der Waals surface area contributed by atoms with E-state index in [1.54, 1.807) is 32.3 Å². The first-order chi connectivity index (χ1) is 12.5. The molecule has 0 aromatic carbocycles. The number of nitrogens with zero attached hydrogens (tertiary/aromatic N) is 4. The monoisotopic (exact) mass is 359 g/mol. The van der Waals surface area contributed by atoms with E-state index in [0.29, 0.717) is 43.6 Å². The summed E-state index contributed by atoms with van der Waals surface area (Å²) in [6.45, 7) is 1.32. The lowest BCUT2D eigenvalue weighted by Gasteiger charge is -2.45. The molecule has 0 spiro atoms. The molecule has 0 atom stereocenters. The summed E-state index contributed by atoms with van der Waals surface area (Å²) in [5.74, 6) is 4.85. The van der Waals surface area contributed by atoms with E-state index in [4.69, 9.17) is 11.3 Å². The second kappa shape index (κ2) is 8.52. The number of rotatable bonds is 5. The molecule has 1 aliphatic heterocycles. The number of carbonyl (C=O) groups is 2. The molecule has 1 heterocycles. The third-order valence-electron chi connectivity index (χ3n) is 4.61. The van der Waals surface area contributed by atoms with Crippen LogP contribution in [0.5, 0.6) is 0 Å². The van der Waals surface area contributed by atoms with Gasteiger partial charge in [-0.25, -0.2) is 0 Å². The second-order valence-electron chi connectivity index (χ2n) is 6.38. The molecule has 9 heteroatoms. The molecular formula is C17H25N7O2. The Balaban J connectivity index is 2.35. The van der Waals surface area contributed by atoms with Crippen molar-refractivity contribution in [1.29, 1.82) is 5.41 Å². The van der Waals surface area contributed by atoms with Crippen molar-refractivity contribution in [3.05, 3.63) is 35.6 Å². The Morgan fingerprint density at radius 2 is 2.00 bits per heavy atom. The van der Waals surface area contributed by atoms with Crippen molar-refractivity contribution in [2.75, 3.05) is 27.2 Å². The Bertz CT molecular complexity index is 685. The van der Waals surface area contributed by atoms with Crippen molar-refractivity contribution in [3.8, 4) is 0 Å². The Morgan fingerprint density at radius 3 is 2.58 bits per heavy atom. The van der Waals surface area contributed by atoms with Gasteiger partial charge >= 0.3 is 0 Å². The Morgan fingerprint density at radius 1 is 1.31 bits per heavy atom. The van der Waals surface area contributed by atoms with Gasteiger partial charge in [-0.1, -0.05) is 17.4 Å². The number of amides is 2. The van der Waals surface area contributed by atoms with Crippen molar-refractivity contribution in [3.63, 3.8) is 0 Å². The standard InChI is InChI=1S/C17H25N7O2/c1-23(2)16(26)17(8-10-20-11-9-17)24(12-25)14-5-3-4-13(6-7-14)15(18)21-22-19/h4-7,12,20H,3,8-11H2,1-2H3,(H3,18,19,21). The molecule has 2 aliphatic rings. The molecule has 0 aromatic rings. The van der Waals surface area contributed by atoms with E-state index in [9.17, 15) is 9.59 Å². The number of amidine groups is 1. The molecule has 1 aliphatic carbocycles. The van der Waals surface area contributed by atoms with Gasteiger partial charge in [0.2, 0.25) is 12.3 Å². The van der Waals surface area contributed by atoms with Crippen molar-refractivity contribution < 1.29 is 9.59 Å². The Hall–Kier alpha value is -2.81. The number of hydrogen-bond donors (Lipinski definition) is 3. The number of nitrogens with two attached hydrogens (primary N) is 1. The lowest BCUT2D eigenvalue weighted by molar-refractivity contribution is -0.146. The fourth-order valence-electron chi connectivity index (χ4n) is 3.31. The highest BCUT2D eigenvalue weighted by molar-refractivity contribution is 5.99. The van der Waals surface area contributed by atoms with Gasteiger partial charge in [-0.05, 0) is 44.5 Å². The summed E-state index contributed by atoms with van der Waals surface area (Å²) in [4.78, 5) is 28.0. The summed E-state index contributed by atoms with van der Waals surface area (Å²) in [6, 6.07) is 0. The maximum absolute atomic E-state index is 13.0. The second-order valence-corrected chi connectivity index (χ2v) is 6.38. The van der Waals surface area contributed by atoms with Gasteiger partial charge in [0.05, 0.1) is 0 Å². The summed E-state index contributed by atoms with van der Waals surface area (Å²) in [5, 5.41) is 17.7. The van der Waals surface area contributed by atoms with E-state index in [1.807, 2.05) is 6.08 Å². The first-order valence-electron chi connectivity index (χ1n) is 8.41. The molecule has 9 nitrogen and oxygen atoms in total. The number of allylic oxidation sites excluding steroid dienone is 3. The van der Waals surface area contributed by atoms with E-state index in [0.717, 1.165) is 6.41 Å². The maximum atomic E-state index is 13.0. The zero-order chi connectivity index (χ0) is 19.2. The van der Waals surface area contributed by atoms with Crippen LogP contribution in [-0.4, -0.2) is 60.7 Å². The predicted octanol–water partition coefficient (Wildman–Crippen LogP) is 0.729. The average Bonchev–Trinajstić information content (AvgIpc) is 2.89. The molecule has 1 fully saturated rings. The molecule has 4 N–H and O–H groups in total. The number of hydrogen-bond acceptors (Lipinski definition) is 5. The summed E-state index contributed by atoms with van der Waals surface area (Å²) in [6.07, 6.45) is 9.34. The quantitative estimate of drug-likeness (QED) is 0.167. The van der Waals surface area contributed by atoms with Crippen LogP contribution in [0.15, 0.2) is 45.9 Å². The van der Waals surface area contributed by atoms with Gasteiger partial charge in [0.15, 0.2) is 5.84 Å². The molecule has 0 aromatic heterocycles. The lowest BCUT2D eigenvalue weighted by atomic mass is 9.84. The van der Waals surface area contributed by atoms with Crippen LogP contribution in [0.1, 0.15) is 19.3 Å². The minimum Gasteiger partial charge on any atom is -0.347 e. The minimum absolute atomic E-state index is 0.0583. The van der Waals surface area contributed by atoms with E-state index < -0.39 is 5.54 Å². The SMILES string of the molecule is CN(C)C(=O)C1(N(C=O)C2=CCC=C(C(=N)N=NN)C=C2)CCNCC1. The van der Waals surface area contributed by atoms with E-state index in [-0.39, 0.29) is 11.7 Å². The van der Waals surface area contributed by atoms with Crippen LogP contribution in [0, 0.1) is 5.41 Å². The molecule has 140 valence electrons. The molecule has 1 saturated heterocycles. The largest absolute Gasteiger partial charge is 0.347 e. The minimum atomic E-state index is -0.915. The highest BCUT2D eigenvalue weighted by Gasteiger charge is 2.46. The summed E-state index contributed by atoms with van der Waals surface area (Å²) < 4.78 is 0. The normalized spacial score (nSPS) is 19.3. The molecule has 0 unspecified atom stereocenters. The van der Waals surface area contributed by atoms with Crippen LogP contribution in [0.25, 0.3) is 0 Å². The molecule has 0 saturated carbocycles. The Kier molecular flexibility index (Phi) is 6.40. The third-order valence-corrected chi connectivity index (χ3v) is 4.61. The number of carbonyl (C=O) groups excluding carboxylic acids is 2. The van der Waals surface area contributed by atoms with Crippen molar-refractivity contribution in [2.45, 2.75) is 24.8 Å². The number of likely N-dealkylation sites (N-methyl/N-ethyl adjacent to an activating group) is 1. The zero-order valence-corrected chi connectivity index (χ0v) is 15.1. The van der Waals surface area contributed by atoms with Crippen LogP contribution in [-0.2, 0) is 9.59 Å². The summed E-state index contributed by atoms with van der Waals surface area (Å²) in [5.41, 5.74) is 0.261. The van der Waals surface area contributed by atoms with Gasteiger partial charge in [-0.3, -0.25) is 19.9 Å². The molecule has 0 bridgehead atoms. The van der Waals surface area contributed by atoms with E-state index in [1.165, 1.54) is 9.80 Å². The molecule has 0 radical (unpaired) electrons.